The van der Waals surface area contributed by atoms with Crippen LogP contribution >= 0.6 is 0 Å². The zero-order valence-electron chi connectivity index (χ0n) is 9.67. The predicted molar refractivity (Wildman–Crippen MR) is 65.7 cm³/mol. The zero-order valence-corrected chi connectivity index (χ0v) is 9.67. The van der Waals surface area contributed by atoms with Gasteiger partial charge in [0.15, 0.2) is 5.82 Å². The number of rotatable bonds is 1. The van der Waals surface area contributed by atoms with Gasteiger partial charge in [-0.1, -0.05) is 18.9 Å². The van der Waals surface area contributed by atoms with Crippen LogP contribution in [0.1, 0.15) is 32.1 Å². The monoisotopic (exact) mass is 229 g/mol. The van der Waals surface area contributed by atoms with E-state index in [0.29, 0.717) is 5.82 Å². The van der Waals surface area contributed by atoms with Crippen LogP contribution in [0.25, 0.3) is 0 Å². The molecule has 1 aromatic heterocycles. The molecule has 1 aliphatic carbocycles. The van der Waals surface area contributed by atoms with E-state index in [9.17, 15) is 4.79 Å². The Labute approximate surface area is 100 Å². The van der Waals surface area contributed by atoms with E-state index in [-0.39, 0.29) is 11.8 Å². The highest BCUT2D eigenvalue weighted by atomic mass is 16.2. The molecule has 3 rings (SSSR count). The van der Waals surface area contributed by atoms with E-state index < -0.39 is 0 Å². The third-order valence-corrected chi connectivity index (χ3v) is 3.43. The van der Waals surface area contributed by atoms with Crippen molar-refractivity contribution in [2.45, 2.75) is 32.1 Å². The summed E-state index contributed by atoms with van der Waals surface area (Å²) in [6, 6.07) is 5.55. The van der Waals surface area contributed by atoms with Crippen molar-refractivity contribution in [2.24, 2.45) is 11.0 Å². The average Bonchev–Trinajstić information content (AvgIpc) is 2.56. The van der Waals surface area contributed by atoms with Crippen LogP contribution in [0.15, 0.2) is 29.5 Å². The minimum absolute atomic E-state index is 0.0134. The van der Waals surface area contributed by atoms with Gasteiger partial charge in [0.25, 0.3) is 5.91 Å². The Morgan fingerprint density at radius 2 is 2.18 bits per heavy atom. The molecular formula is C13H15N3O. The number of hydrogen-bond donors (Lipinski definition) is 0. The summed E-state index contributed by atoms with van der Waals surface area (Å²) in [6.07, 6.45) is 7.09. The molecule has 4 nitrogen and oxygen atoms in total. The highest BCUT2D eigenvalue weighted by Crippen LogP contribution is 2.30. The molecule has 1 unspecified atom stereocenters. The molecule has 1 aromatic rings. The fraction of sp³-hybridized carbons (Fsp3) is 0.462. The van der Waals surface area contributed by atoms with Crippen LogP contribution < -0.4 is 5.01 Å². The van der Waals surface area contributed by atoms with Crippen LogP contribution in [0.4, 0.5) is 5.82 Å². The fourth-order valence-corrected chi connectivity index (χ4v) is 2.53. The number of pyridine rings is 1. The molecule has 4 heteroatoms. The quantitative estimate of drug-likeness (QED) is 0.742. The second-order valence-electron chi connectivity index (χ2n) is 4.58. The standard InChI is InChI=1S/C13H15N3O/c17-13-10-6-2-1-3-7-11(10)15-16(13)12-8-4-5-9-14-12/h4-5,8-10H,1-3,6-7H2. The van der Waals surface area contributed by atoms with Crippen LogP contribution in [0.2, 0.25) is 0 Å². The van der Waals surface area contributed by atoms with Crippen molar-refractivity contribution in [3.05, 3.63) is 24.4 Å². The van der Waals surface area contributed by atoms with Gasteiger partial charge in [0.05, 0.1) is 11.6 Å². The Morgan fingerprint density at radius 3 is 3.00 bits per heavy atom. The third kappa shape index (κ3) is 1.84. The summed E-state index contributed by atoms with van der Waals surface area (Å²) in [4.78, 5) is 16.5. The van der Waals surface area contributed by atoms with Gasteiger partial charge in [-0.2, -0.15) is 10.1 Å². The summed E-state index contributed by atoms with van der Waals surface area (Å²) in [5, 5.41) is 5.94. The Morgan fingerprint density at radius 1 is 1.24 bits per heavy atom. The lowest BCUT2D eigenvalue weighted by Crippen LogP contribution is -2.27. The van der Waals surface area contributed by atoms with Gasteiger partial charge in [-0.25, -0.2) is 4.98 Å². The van der Waals surface area contributed by atoms with Crippen molar-refractivity contribution in [3.8, 4) is 0 Å². The number of carbonyl (C=O) groups is 1. The van der Waals surface area contributed by atoms with Gasteiger partial charge in [-0.15, -0.1) is 0 Å². The van der Waals surface area contributed by atoms with Crippen LogP contribution in [-0.2, 0) is 4.79 Å². The first kappa shape index (κ1) is 10.4. The van der Waals surface area contributed by atoms with Gasteiger partial charge in [-0.3, -0.25) is 4.79 Å². The van der Waals surface area contributed by atoms with Gasteiger partial charge in [0, 0.05) is 6.20 Å². The van der Waals surface area contributed by atoms with Gasteiger partial charge in [-0.05, 0) is 31.4 Å². The number of amides is 1. The van der Waals surface area contributed by atoms with Crippen molar-refractivity contribution >= 4 is 17.4 Å². The van der Waals surface area contributed by atoms with E-state index in [0.717, 1.165) is 31.4 Å². The van der Waals surface area contributed by atoms with E-state index >= 15 is 0 Å². The molecule has 2 heterocycles. The van der Waals surface area contributed by atoms with Crippen LogP contribution in [-0.4, -0.2) is 16.6 Å². The van der Waals surface area contributed by atoms with Crippen LogP contribution in [0.5, 0.6) is 0 Å². The number of carbonyl (C=O) groups excluding carboxylic acids is 1. The molecule has 88 valence electrons. The molecule has 0 spiro atoms. The minimum atomic E-state index is 0.0134. The van der Waals surface area contributed by atoms with E-state index in [1.165, 1.54) is 11.4 Å². The molecule has 1 atom stereocenters. The first-order valence-electron chi connectivity index (χ1n) is 6.18. The summed E-state index contributed by atoms with van der Waals surface area (Å²) in [5.74, 6) is 0.748. The smallest absolute Gasteiger partial charge is 0.257 e. The summed E-state index contributed by atoms with van der Waals surface area (Å²) < 4.78 is 0. The highest BCUT2D eigenvalue weighted by Gasteiger charge is 2.37. The maximum Gasteiger partial charge on any atom is 0.257 e. The van der Waals surface area contributed by atoms with Gasteiger partial charge >= 0.3 is 0 Å². The maximum absolute atomic E-state index is 12.3. The Balaban J connectivity index is 1.91. The van der Waals surface area contributed by atoms with E-state index in [2.05, 4.69) is 10.1 Å². The molecule has 1 fully saturated rings. The number of anilines is 1. The third-order valence-electron chi connectivity index (χ3n) is 3.43. The van der Waals surface area contributed by atoms with E-state index in [1.54, 1.807) is 6.20 Å². The predicted octanol–water partition coefficient (Wildman–Crippen LogP) is 2.36. The van der Waals surface area contributed by atoms with E-state index in [1.807, 2.05) is 18.2 Å². The molecule has 17 heavy (non-hydrogen) atoms. The highest BCUT2D eigenvalue weighted by molar-refractivity contribution is 6.15. The number of nitrogens with zero attached hydrogens (tertiary/aromatic N) is 3. The molecule has 1 amide bonds. The maximum atomic E-state index is 12.3. The first-order chi connectivity index (χ1) is 8.36. The van der Waals surface area contributed by atoms with Crippen molar-refractivity contribution < 1.29 is 4.79 Å². The second-order valence-corrected chi connectivity index (χ2v) is 4.58. The van der Waals surface area contributed by atoms with Crippen molar-refractivity contribution in [3.63, 3.8) is 0 Å². The SMILES string of the molecule is O=C1C2CCCCCC2=NN1c1ccccn1. The largest absolute Gasteiger partial charge is 0.272 e. The normalized spacial score (nSPS) is 24.2. The minimum Gasteiger partial charge on any atom is -0.272 e. The molecule has 0 bridgehead atoms. The topological polar surface area (TPSA) is 45.6 Å². The lowest BCUT2D eigenvalue weighted by molar-refractivity contribution is -0.119. The Hall–Kier alpha value is -1.71. The molecule has 1 saturated carbocycles. The molecular weight excluding hydrogens is 214 g/mol. The number of fused-ring (bicyclic) bond motifs is 1. The first-order valence-corrected chi connectivity index (χ1v) is 6.18. The average molecular weight is 229 g/mol. The fourth-order valence-electron chi connectivity index (χ4n) is 2.53. The Kier molecular flexibility index (Phi) is 2.63. The summed E-state index contributed by atoms with van der Waals surface area (Å²) in [6.45, 7) is 0. The van der Waals surface area contributed by atoms with Gasteiger partial charge < -0.3 is 0 Å². The second kappa shape index (κ2) is 4.28. The van der Waals surface area contributed by atoms with Crippen molar-refractivity contribution in [2.75, 3.05) is 5.01 Å². The summed E-state index contributed by atoms with van der Waals surface area (Å²) in [5.41, 5.74) is 1.05. The van der Waals surface area contributed by atoms with Crippen molar-refractivity contribution in [1.82, 2.24) is 4.98 Å². The molecule has 0 aromatic carbocycles. The Bertz CT molecular complexity index is 455. The zero-order chi connectivity index (χ0) is 11.7. The molecule has 1 aliphatic heterocycles. The number of aromatic nitrogens is 1. The molecule has 0 N–H and O–H groups in total. The molecule has 2 aliphatic rings. The van der Waals surface area contributed by atoms with Crippen molar-refractivity contribution in [1.29, 1.82) is 0 Å². The summed E-state index contributed by atoms with van der Waals surface area (Å²) in [7, 11) is 0. The van der Waals surface area contributed by atoms with Gasteiger partial charge in [0.1, 0.15) is 0 Å². The molecule has 0 radical (unpaired) electrons. The van der Waals surface area contributed by atoms with E-state index in [4.69, 9.17) is 0 Å². The lowest BCUT2D eigenvalue weighted by atomic mass is 9.98. The van der Waals surface area contributed by atoms with Gasteiger partial charge in [0.2, 0.25) is 0 Å². The lowest BCUT2D eigenvalue weighted by Gasteiger charge is -2.12. The summed E-state index contributed by atoms with van der Waals surface area (Å²) >= 11 is 0. The van der Waals surface area contributed by atoms with Crippen LogP contribution in [0.3, 0.4) is 0 Å². The number of hydrogen-bond acceptors (Lipinski definition) is 3. The van der Waals surface area contributed by atoms with Crippen LogP contribution in [0, 0.1) is 5.92 Å². The number of hydrazone groups is 1. The molecule has 0 saturated heterocycles.